The molecule has 1 fully saturated rings. The van der Waals surface area contributed by atoms with Crippen LogP contribution >= 0.6 is 11.3 Å². The van der Waals surface area contributed by atoms with Gasteiger partial charge in [-0.15, -0.1) is 11.3 Å². The summed E-state index contributed by atoms with van der Waals surface area (Å²) in [5.74, 6) is 1.50. The van der Waals surface area contributed by atoms with Crippen molar-refractivity contribution in [3.63, 3.8) is 0 Å². The molecule has 2 aliphatic heterocycles. The van der Waals surface area contributed by atoms with Gasteiger partial charge in [0.2, 0.25) is 0 Å². The number of nitrogens with zero attached hydrogens (tertiary/aromatic N) is 3. The molecule has 8 heteroatoms. The molecule has 2 aromatic carbocycles. The first-order valence-electron chi connectivity index (χ1n) is 14.0. The maximum absolute atomic E-state index is 13.9. The lowest BCUT2D eigenvalue weighted by Gasteiger charge is -2.36. The first-order chi connectivity index (χ1) is 19.1. The predicted molar refractivity (Wildman–Crippen MR) is 158 cm³/mol. The maximum atomic E-state index is 13.9. The lowest BCUT2D eigenvalue weighted by molar-refractivity contribution is 0.0689. The zero-order valence-corrected chi connectivity index (χ0v) is 24.1. The highest BCUT2D eigenvalue weighted by atomic mass is 32.1. The molecule has 1 N–H and O–H groups in total. The van der Waals surface area contributed by atoms with Gasteiger partial charge in [-0.1, -0.05) is 25.1 Å². The summed E-state index contributed by atoms with van der Waals surface area (Å²) >= 11 is 1.77. The Morgan fingerprint density at radius 1 is 1.00 bits per heavy atom. The molecule has 0 aliphatic carbocycles. The molecule has 208 valence electrons. The number of fused-ring (bicyclic) bond motifs is 1. The molecule has 1 aromatic heterocycles. The van der Waals surface area contributed by atoms with Gasteiger partial charge in [0.25, 0.3) is 5.91 Å². The molecule has 1 saturated heterocycles. The number of ether oxygens (including phenoxy) is 2. The van der Waals surface area contributed by atoms with Gasteiger partial charge in [0.05, 0.1) is 20.3 Å². The summed E-state index contributed by atoms with van der Waals surface area (Å²) in [5.41, 5.74) is 4.29. The second-order valence-electron chi connectivity index (χ2n) is 10.2. The molecule has 5 rings (SSSR count). The summed E-state index contributed by atoms with van der Waals surface area (Å²) in [5, 5.41) is 5.68. The summed E-state index contributed by atoms with van der Waals surface area (Å²) in [6.45, 7) is 9.81. The van der Waals surface area contributed by atoms with Gasteiger partial charge >= 0.3 is 0 Å². The third-order valence-corrected chi connectivity index (χ3v) is 8.89. The van der Waals surface area contributed by atoms with E-state index in [0.717, 1.165) is 75.3 Å². The van der Waals surface area contributed by atoms with Crippen LogP contribution in [0.25, 0.3) is 0 Å². The Morgan fingerprint density at radius 3 is 2.54 bits per heavy atom. The van der Waals surface area contributed by atoms with Gasteiger partial charge in [-0.05, 0) is 67.2 Å². The van der Waals surface area contributed by atoms with E-state index in [1.807, 2.05) is 24.3 Å². The van der Waals surface area contributed by atoms with E-state index in [-0.39, 0.29) is 11.9 Å². The Hall–Kier alpha value is -3.07. The number of thiophene rings is 1. The second kappa shape index (κ2) is 12.9. The summed E-state index contributed by atoms with van der Waals surface area (Å²) < 4.78 is 11.1. The van der Waals surface area contributed by atoms with Gasteiger partial charge in [0, 0.05) is 61.0 Å². The van der Waals surface area contributed by atoms with Crippen molar-refractivity contribution in [2.45, 2.75) is 38.9 Å². The van der Waals surface area contributed by atoms with Crippen LogP contribution in [-0.2, 0) is 13.1 Å². The average Bonchev–Trinajstić information content (AvgIpc) is 3.62. The highest BCUT2D eigenvalue weighted by Crippen LogP contribution is 2.40. The number of hydrogen-bond donors (Lipinski definition) is 1. The number of carbonyl (C=O) groups is 1. The summed E-state index contributed by atoms with van der Waals surface area (Å²) in [6.07, 6.45) is 1.81. The molecule has 2 aliphatic rings. The van der Waals surface area contributed by atoms with E-state index < -0.39 is 0 Å². The first kappa shape index (κ1) is 27.5. The summed E-state index contributed by atoms with van der Waals surface area (Å²) in [6, 6.07) is 16.5. The van der Waals surface area contributed by atoms with Crippen LogP contribution in [0.3, 0.4) is 0 Å². The van der Waals surface area contributed by atoms with Gasteiger partial charge < -0.3 is 29.5 Å². The second-order valence-corrected chi connectivity index (χ2v) is 11.2. The number of hydrogen-bond acceptors (Lipinski definition) is 7. The van der Waals surface area contributed by atoms with Crippen LogP contribution in [0.5, 0.6) is 11.5 Å². The van der Waals surface area contributed by atoms with Crippen molar-refractivity contribution in [3.8, 4) is 11.5 Å². The highest BCUT2D eigenvalue weighted by molar-refractivity contribution is 7.09. The average molecular weight is 549 g/mol. The zero-order valence-electron chi connectivity index (χ0n) is 23.3. The number of piperazine rings is 1. The molecule has 1 atom stereocenters. The van der Waals surface area contributed by atoms with Crippen molar-refractivity contribution in [3.05, 3.63) is 75.5 Å². The Labute approximate surface area is 236 Å². The highest BCUT2D eigenvalue weighted by Gasteiger charge is 2.36. The standard InChI is InChI=1S/C31H40N4O3S/c1-4-33-15-17-34(18-16-33)28-10-5-9-25-26(28)22-35(31(25)36)27(11-6-14-32-21-24-8-7-19-39-24)23-12-13-29(37-2)30(20-23)38-3/h5,7-10,12-13,19-20,27,32H,4,6,11,14-18,21-22H2,1-3H3/t27-/m1/s1. The molecule has 0 radical (unpaired) electrons. The number of rotatable bonds is 12. The minimum atomic E-state index is -0.0574. The lowest BCUT2D eigenvalue weighted by Crippen LogP contribution is -2.46. The van der Waals surface area contributed by atoms with Gasteiger partial charge in [-0.25, -0.2) is 0 Å². The summed E-state index contributed by atoms with van der Waals surface area (Å²) in [7, 11) is 3.31. The van der Waals surface area contributed by atoms with Crippen LogP contribution in [0.15, 0.2) is 53.9 Å². The fourth-order valence-corrected chi connectivity index (χ4v) is 6.47. The molecule has 39 heavy (non-hydrogen) atoms. The van der Waals surface area contributed by atoms with E-state index in [0.29, 0.717) is 18.0 Å². The molecule has 3 heterocycles. The van der Waals surface area contributed by atoms with Crippen molar-refractivity contribution >= 4 is 22.9 Å². The number of carbonyl (C=O) groups excluding carboxylic acids is 1. The van der Waals surface area contributed by atoms with Crippen LogP contribution in [0, 0.1) is 0 Å². The number of benzene rings is 2. The Bertz CT molecular complexity index is 1240. The lowest BCUT2D eigenvalue weighted by atomic mass is 9.99. The fourth-order valence-electron chi connectivity index (χ4n) is 5.80. The monoisotopic (exact) mass is 548 g/mol. The van der Waals surface area contributed by atoms with Gasteiger partial charge in [0.1, 0.15) is 0 Å². The van der Waals surface area contributed by atoms with E-state index in [4.69, 9.17) is 9.47 Å². The molecular weight excluding hydrogens is 508 g/mol. The first-order valence-corrected chi connectivity index (χ1v) is 14.9. The van der Waals surface area contributed by atoms with E-state index in [2.05, 4.69) is 56.6 Å². The molecule has 7 nitrogen and oxygen atoms in total. The largest absolute Gasteiger partial charge is 0.493 e. The SMILES string of the molecule is CCN1CCN(c2cccc3c2CN([C@H](CCCNCc2cccs2)c2ccc(OC)c(OC)c2)C3=O)CC1. The minimum Gasteiger partial charge on any atom is -0.493 e. The van der Waals surface area contributed by atoms with E-state index in [1.165, 1.54) is 10.6 Å². The van der Waals surface area contributed by atoms with Gasteiger partial charge in [-0.2, -0.15) is 0 Å². The van der Waals surface area contributed by atoms with Crippen molar-refractivity contribution in [1.29, 1.82) is 0 Å². The van der Waals surface area contributed by atoms with E-state index in [1.54, 1.807) is 25.6 Å². The third kappa shape index (κ3) is 6.08. The number of methoxy groups -OCH3 is 2. The normalized spacial score (nSPS) is 16.4. The molecular formula is C31H40N4O3S. The van der Waals surface area contributed by atoms with Crippen LogP contribution in [0.2, 0.25) is 0 Å². The number of amides is 1. The van der Waals surface area contributed by atoms with Crippen LogP contribution < -0.4 is 19.7 Å². The van der Waals surface area contributed by atoms with Crippen LogP contribution in [0.4, 0.5) is 5.69 Å². The van der Waals surface area contributed by atoms with Gasteiger partial charge in [0.15, 0.2) is 11.5 Å². The molecule has 0 saturated carbocycles. The van der Waals surface area contributed by atoms with Crippen LogP contribution in [-0.4, -0.2) is 69.2 Å². The van der Waals surface area contributed by atoms with Gasteiger partial charge in [-0.3, -0.25) is 4.79 Å². The predicted octanol–water partition coefficient (Wildman–Crippen LogP) is 5.17. The molecule has 0 unspecified atom stereocenters. The summed E-state index contributed by atoms with van der Waals surface area (Å²) in [4.78, 5) is 22.2. The molecule has 1 amide bonds. The zero-order chi connectivity index (χ0) is 27.2. The Balaban J connectivity index is 1.36. The smallest absolute Gasteiger partial charge is 0.255 e. The molecule has 3 aromatic rings. The van der Waals surface area contributed by atoms with E-state index >= 15 is 0 Å². The Morgan fingerprint density at radius 2 is 1.82 bits per heavy atom. The van der Waals surface area contributed by atoms with Crippen LogP contribution in [0.1, 0.15) is 52.2 Å². The van der Waals surface area contributed by atoms with Crippen molar-refractivity contribution in [1.82, 2.24) is 15.1 Å². The number of nitrogens with one attached hydrogen (secondary N) is 1. The quantitative estimate of drug-likeness (QED) is 0.315. The Kier molecular flexibility index (Phi) is 9.06. The van der Waals surface area contributed by atoms with Crippen molar-refractivity contribution in [2.24, 2.45) is 0 Å². The maximum Gasteiger partial charge on any atom is 0.255 e. The third-order valence-electron chi connectivity index (χ3n) is 8.01. The minimum absolute atomic E-state index is 0.0574. The fraction of sp³-hybridized carbons (Fsp3) is 0.452. The number of likely N-dealkylation sites (N-methyl/N-ethyl adjacent to an activating group) is 1. The number of anilines is 1. The van der Waals surface area contributed by atoms with Crippen molar-refractivity contribution < 1.29 is 14.3 Å². The van der Waals surface area contributed by atoms with Crippen molar-refractivity contribution in [2.75, 3.05) is 58.4 Å². The molecule has 0 bridgehead atoms. The van der Waals surface area contributed by atoms with E-state index in [9.17, 15) is 4.79 Å². The topological polar surface area (TPSA) is 57.3 Å². The molecule has 0 spiro atoms.